The normalized spacial score (nSPS) is 22.8. The number of alkyl halides is 3. The summed E-state index contributed by atoms with van der Waals surface area (Å²) in [7, 11) is 0. The lowest BCUT2D eigenvalue weighted by Gasteiger charge is -2.16. The fourth-order valence-electron chi connectivity index (χ4n) is 2.35. The molecule has 2 atom stereocenters. The zero-order chi connectivity index (χ0) is 14.9. The van der Waals surface area contributed by atoms with Crippen LogP contribution in [-0.2, 0) is 11.0 Å². The van der Waals surface area contributed by atoms with Crippen molar-refractivity contribution in [2.24, 2.45) is 11.7 Å². The van der Waals surface area contributed by atoms with Crippen molar-refractivity contribution in [1.29, 1.82) is 0 Å². The molecule has 1 aromatic rings. The van der Waals surface area contributed by atoms with E-state index >= 15 is 0 Å². The Morgan fingerprint density at radius 1 is 1.35 bits per heavy atom. The minimum Gasteiger partial charge on any atom is -0.506 e. The molecule has 4 nitrogen and oxygen atoms in total. The van der Waals surface area contributed by atoms with Crippen LogP contribution < -0.4 is 11.1 Å². The second kappa shape index (κ2) is 5.32. The van der Waals surface area contributed by atoms with Gasteiger partial charge in [-0.25, -0.2) is 0 Å². The van der Waals surface area contributed by atoms with Gasteiger partial charge in [0.15, 0.2) is 0 Å². The second-order valence-electron chi connectivity index (χ2n) is 4.92. The maximum absolute atomic E-state index is 12.6. The molecule has 0 bridgehead atoms. The highest BCUT2D eigenvalue weighted by Gasteiger charge is 2.33. The van der Waals surface area contributed by atoms with Crippen LogP contribution in [0.1, 0.15) is 24.8 Å². The summed E-state index contributed by atoms with van der Waals surface area (Å²) in [6.07, 6.45) is -2.40. The van der Waals surface area contributed by atoms with E-state index in [0.717, 1.165) is 18.6 Å². The maximum atomic E-state index is 12.6. The molecular weight excluding hydrogens is 273 g/mol. The third kappa shape index (κ3) is 3.04. The van der Waals surface area contributed by atoms with Gasteiger partial charge in [0.2, 0.25) is 5.91 Å². The van der Waals surface area contributed by atoms with E-state index < -0.39 is 29.3 Å². The summed E-state index contributed by atoms with van der Waals surface area (Å²) >= 11 is 0. The van der Waals surface area contributed by atoms with E-state index in [1.807, 2.05) is 0 Å². The molecule has 1 amide bonds. The van der Waals surface area contributed by atoms with Crippen LogP contribution in [0.25, 0.3) is 0 Å². The van der Waals surface area contributed by atoms with Gasteiger partial charge in [0.05, 0.1) is 17.2 Å². The van der Waals surface area contributed by atoms with Crippen molar-refractivity contribution in [3.8, 4) is 5.75 Å². The molecule has 0 radical (unpaired) electrons. The molecule has 0 aliphatic heterocycles. The van der Waals surface area contributed by atoms with Crippen LogP contribution in [0, 0.1) is 5.92 Å². The molecule has 2 unspecified atom stereocenters. The predicted octanol–water partition coefficient (Wildman–Crippen LogP) is 2.48. The molecular formula is C13H15F3N2O2. The van der Waals surface area contributed by atoms with Gasteiger partial charge < -0.3 is 16.2 Å². The van der Waals surface area contributed by atoms with Crippen LogP contribution >= 0.6 is 0 Å². The van der Waals surface area contributed by atoms with Crippen LogP contribution in [-0.4, -0.2) is 17.1 Å². The van der Waals surface area contributed by atoms with Gasteiger partial charge in [0.25, 0.3) is 0 Å². The van der Waals surface area contributed by atoms with Crippen LogP contribution in [0.5, 0.6) is 5.75 Å². The standard InChI is InChI=1S/C13H15F3N2O2/c14-13(15,16)7-4-5-11(19)10(6-7)18-12(20)8-2-1-3-9(8)17/h4-6,8-9,19H,1-3,17H2,(H,18,20). The highest BCUT2D eigenvalue weighted by Crippen LogP contribution is 2.35. The number of hydrogen-bond acceptors (Lipinski definition) is 3. The molecule has 1 saturated carbocycles. The van der Waals surface area contributed by atoms with Crippen LogP contribution in [0.3, 0.4) is 0 Å². The number of nitrogens with two attached hydrogens (primary N) is 1. The molecule has 110 valence electrons. The minimum atomic E-state index is -4.53. The molecule has 2 rings (SSSR count). The number of anilines is 1. The Hall–Kier alpha value is -1.76. The lowest BCUT2D eigenvalue weighted by molar-refractivity contribution is -0.137. The topological polar surface area (TPSA) is 75.4 Å². The van der Waals surface area contributed by atoms with Gasteiger partial charge in [-0.2, -0.15) is 13.2 Å². The number of phenolic OH excluding ortho intramolecular Hbond substituents is 1. The fourth-order valence-corrected chi connectivity index (χ4v) is 2.35. The van der Waals surface area contributed by atoms with Crippen LogP contribution in [0.4, 0.5) is 18.9 Å². The summed E-state index contributed by atoms with van der Waals surface area (Å²) in [5, 5.41) is 11.9. The lowest BCUT2D eigenvalue weighted by atomic mass is 10.0. The third-order valence-electron chi connectivity index (χ3n) is 3.49. The number of rotatable bonds is 2. The van der Waals surface area contributed by atoms with E-state index in [2.05, 4.69) is 5.32 Å². The molecule has 1 aliphatic rings. The van der Waals surface area contributed by atoms with E-state index in [1.165, 1.54) is 0 Å². The molecule has 0 aromatic heterocycles. The highest BCUT2D eigenvalue weighted by atomic mass is 19.4. The zero-order valence-electron chi connectivity index (χ0n) is 10.6. The Bertz CT molecular complexity index is 517. The lowest BCUT2D eigenvalue weighted by Crippen LogP contribution is -2.34. The SMILES string of the molecule is NC1CCCC1C(=O)Nc1cc(C(F)(F)F)ccc1O. The van der Waals surface area contributed by atoms with E-state index in [0.29, 0.717) is 18.9 Å². The first-order valence-electron chi connectivity index (χ1n) is 6.25. The first-order chi connectivity index (χ1) is 9.29. The quantitative estimate of drug-likeness (QED) is 0.732. The molecule has 7 heteroatoms. The summed E-state index contributed by atoms with van der Waals surface area (Å²) < 4.78 is 37.8. The summed E-state index contributed by atoms with van der Waals surface area (Å²) in [6, 6.07) is 2.09. The van der Waals surface area contributed by atoms with Gasteiger partial charge in [-0.05, 0) is 31.0 Å². The van der Waals surface area contributed by atoms with Gasteiger partial charge in [0.1, 0.15) is 5.75 Å². The molecule has 4 N–H and O–H groups in total. The molecule has 0 heterocycles. The number of halogens is 3. The Morgan fingerprint density at radius 2 is 2.05 bits per heavy atom. The number of amides is 1. The number of carbonyl (C=O) groups excluding carboxylic acids is 1. The van der Waals surface area contributed by atoms with Crippen molar-refractivity contribution in [2.75, 3.05) is 5.32 Å². The van der Waals surface area contributed by atoms with Gasteiger partial charge >= 0.3 is 6.18 Å². The maximum Gasteiger partial charge on any atom is 0.416 e. The smallest absolute Gasteiger partial charge is 0.416 e. The number of carbonyl (C=O) groups is 1. The van der Waals surface area contributed by atoms with Gasteiger partial charge in [0, 0.05) is 6.04 Å². The molecule has 1 aliphatic carbocycles. The molecule has 0 saturated heterocycles. The van der Waals surface area contributed by atoms with E-state index in [9.17, 15) is 23.1 Å². The summed E-state index contributed by atoms with van der Waals surface area (Å²) in [5.41, 5.74) is 4.59. The van der Waals surface area contributed by atoms with Crippen molar-refractivity contribution in [3.05, 3.63) is 23.8 Å². The first kappa shape index (κ1) is 14.6. The summed E-state index contributed by atoms with van der Waals surface area (Å²) in [5.74, 6) is -1.29. The molecule has 1 aromatic carbocycles. The summed E-state index contributed by atoms with van der Waals surface area (Å²) in [6.45, 7) is 0. The van der Waals surface area contributed by atoms with E-state index in [4.69, 9.17) is 5.73 Å². The van der Waals surface area contributed by atoms with Gasteiger partial charge in [-0.1, -0.05) is 6.42 Å². The predicted molar refractivity (Wildman–Crippen MR) is 67.1 cm³/mol. The summed E-state index contributed by atoms with van der Waals surface area (Å²) in [4.78, 5) is 12.0. The number of aromatic hydroxyl groups is 1. The molecule has 1 fully saturated rings. The number of hydrogen-bond donors (Lipinski definition) is 3. The van der Waals surface area contributed by atoms with Crippen molar-refractivity contribution >= 4 is 11.6 Å². The number of phenols is 1. The second-order valence-corrected chi connectivity index (χ2v) is 4.92. The number of benzene rings is 1. The number of nitrogens with one attached hydrogen (secondary N) is 1. The zero-order valence-corrected chi connectivity index (χ0v) is 10.6. The Balaban J connectivity index is 2.18. The van der Waals surface area contributed by atoms with Crippen molar-refractivity contribution in [3.63, 3.8) is 0 Å². The first-order valence-corrected chi connectivity index (χ1v) is 6.25. The van der Waals surface area contributed by atoms with Gasteiger partial charge in [-0.3, -0.25) is 4.79 Å². The Morgan fingerprint density at radius 3 is 2.60 bits per heavy atom. The third-order valence-corrected chi connectivity index (χ3v) is 3.49. The van der Waals surface area contributed by atoms with E-state index in [1.54, 1.807) is 0 Å². The van der Waals surface area contributed by atoms with Crippen LogP contribution in [0.2, 0.25) is 0 Å². The molecule has 20 heavy (non-hydrogen) atoms. The van der Waals surface area contributed by atoms with Crippen molar-refractivity contribution < 1.29 is 23.1 Å². The Labute approximate surface area is 113 Å². The monoisotopic (exact) mass is 288 g/mol. The Kier molecular flexibility index (Phi) is 3.89. The van der Waals surface area contributed by atoms with Crippen molar-refractivity contribution in [2.45, 2.75) is 31.5 Å². The largest absolute Gasteiger partial charge is 0.506 e. The van der Waals surface area contributed by atoms with Gasteiger partial charge in [-0.15, -0.1) is 0 Å². The van der Waals surface area contributed by atoms with Crippen LogP contribution in [0.15, 0.2) is 18.2 Å². The average Bonchev–Trinajstić information content (AvgIpc) is 2.77. The highest BCUT2D eigenvalue weighted by molar-refractivity contribution is 5.94. The van der Waals surface area contributed by atoms with E-state index in [-0.39, 0.29) is 11.7 Å². The molecule has 0 spiro atoms. The fraction of sp³-hybridized carbons (Fsp3) is 0.462. The van der Waals surface area contributed by atoms with Crippen molar-refractivity contribution in [1.82, 2.24) is 0 Å². The average molecular weight is 288 g/mol. The minimum absolute atomic E-state index is 0.246.